The number of halogens is 2. The smallest absolute Gasteiger partial charge is 0.191 e. The van der Waals surface area contributed by atoms with Gasteiger partial charge in [-0.15, -0.1) is 24.0 Å². The van der Waals surface area contributed by atoms with E-state index in [1.54, 1.807) is 19.3 Å². The molecule has 2 rings (SSSR count). The van der Waals surface area contributed by atoms with Crippen molar-refractivity contribution < 1.29 is 4.74 Å². The molecule has 0 saturated carbocycles. The summed E-state index contributed by atoms with van der Waals surface area (Å²) in [4.78, 5) is 8.35. The lowest BCUT2D eigenvalue weighted by Gasteiger charge is -2.14. The maximum atomic E-state index is 5.80. The average molecular weight is 489 g/mol. The van der Waals surface area contributed by atoms with Crippen LogP contribution in [-0.4, -0.2) is 31.1 Å². The fourth-order valence-electron chi connectivity index (χ4n) is 2.36. The van der Waals surface area contributed by atoms with E-state index in [0.717, 1.165) is 24.5 Å². The number of hydrogen-bond acceptors (Lipinski definition) is 3. The lowest BCUT2D eigenvalue weighted by atomic mass is 10.1. The SMILES string of the molecule is CCOCc1ccccc1CNC(=NC)NCCc1ccc(Cl)nc1.I. The molecule has 0 aliphatic heterocycles. The van der Waals surface area contributed by atoms with Gasteiger partial charge in [0.1, 0.15) is 5.15 Å². The Kier molecular flexibility index (Phi) is 11.2. The van der Waals surface area contributed by atoms with Crippen LogP contribution < -0.4 is 10.6 Å². The molecule has 2 N–H and O–H groups in total. The topological polar surface area (TPSA) is 58.5 Å². The highest BCUT2D eigenvalue weighted by Gasteiger charge is 2.04. The molecule has 0 saturated heterocycles. The van der Waals surface area contributed by atoms with Crippen LogP contribution in [0.3, 0.4) is 0 Å². The summed E-state index contributed by atoms with van der Waals surface area (Å²) in [7, 11) is 1.77. The Morgan fingerprint density at radius 2 is 1.92 bits per heavy atom. The van der Waals surface area contributed by atoms with Crippen molar-refractivity contribution in [1.29, 1.82) is 0 Å². The summed E-state index contributed by atoms with van der Waals surface area (Å²) in [6.45, 7) is 4.81. The van der Waals surface area contributed by atoms with Gasteiger partial charge in [0.15, 0.2) is 5.96 Å². The van der Waals surface area contributed by atoms with E-state index in [2.05, 4.69) is 32.7 Å². The van der Waals surface area contributed by atoms with Crippen LogP contribution in [0, 0.1) is 0 Å². The number of nitrogens with one attached hydrogen (secondary N) is 2. The van der Waals surface area contributed by atoms with Crippen molar-refractivity contribution in [2.24, 2.45) is 4.99 Å². The van der Waals surface area contributed by atoms with E-state index in [-0.39, 0.29) is 24.0 Å². The number of pyridine rings is 1. The lowest BCUT2D eigenvalue weighted by molar-refractivity contribution is 0.133. The fourth-order valence-corrected chi connectivity index (χ4v) is 2.47. The monoisotopic (exact) mass is 488 g/mol. The van der Waals surface area contributed by atoms with E-state index >= 15 is 0 Å². The molecule has 142 valence electrons. The standard InChI is InChI=1S/C19H25ClN4O.HI/c1-3-25-14-17-7-5-4-6-16(17)13-24-19(21-2)22-11-10-15-8-9-18(20)23-12-15;/h4-9,12H,3,10-11,13-14H2,1-2H3,(H2,21,22,24);1H. The second kappa shape index (κ2) is 12.9. The second-order valence-electron chi connectivity index (χ2n) is 5.50. The summed E-state index contributed by atoms with van der Waals surface area (Å²) in [5, 5.41) is 7.17. The molecular weight excluding hydrogens is 463 g/mol. The van der Waals surface area contributed by atoms with Gasteiger partial charge in [0.25, 0.3) is 0 Å². The van der Waals surface area contributed by atoms with Gasteiger partial charge in [0.2, 0.25) is 0 Å². The summed E-state index contributed by atoms with van der Waals surface area (Å²) in [6.07, 6.45) is 2.65. The van der Waals surface area contributed by atoms with Crippen molar-refractivity contribution >= 4 is 41.5 Å². The van der Waals surface area contributed by atoms with E-state index in [4.69, 9.17) is 16.3 Å². The van der Waals surface area contributed by atoms with Crippen molar-refractivity contribution in [1.82, 2.24) is 15.6 Å². The van der Waals surface area contributed by atoms with E-state index in [0.29, 0.717) is 24.9 Å². The first-order valence-electron chi connectivity index (χ1n) is 8.42. The van der Waals surface area contributed by atoms with Crippen LogP contribution in [0.15, 0.2) is 47.6 Å². The first-order valence-corrected chi connectivity index (χ1v) is 8.80. The molecular formula is C19H26ClIN4O. The minimum absolute atomic E-state index is 0. The summed E-state index contributed by atoms with van der Waals surface area (Å²) in [5.74, 6) is 0.771. The normalized spacial score (nSPS) is 11.0. The van der Waals surface area contributed by atoms with Crippen LogP contribution in [0.4, 0.5) is 0 Å². The molecule has 0 amide bonds. The molecule has 0 bridgehead atoms. The van der Waals surface area contributed by atoms with Crippen molar-refractivity contribution in [2.75, 3.05) is 20.2 Å². The third-order valence-corrected chi connectivity index (χ3v) is 3.97. The highest BCUT2D eigenvalue weighted by Crippen LogP contribution is 2.10. The molecule has 0 atom stereocenters. The number of aliphatic imine (C=N–C) groups is 1. The number of nitrogens with zero attached hydrogens (tertiary/aromatic N) is 2. The minimum Gasteiger partial charge on any atom is -0.377 e. The van der Waals surface area contributed by atoms with Gasteiger partial charge in [-0.2, -0.15) is 0 Å². The molecule has 7 heteroatoms. The van der Waals surface area contributed by atoms with Crippen molar-refractivity contribution in [3.8, 4) is 0 Å². The van der Waals surface area contributed by atoms with E-state index in [1.807, 2.05) is 25.1 Å². The van der Waals surface area contributed by atoms with Crippen LogP contribution in [0.5, 0.6) is 0 Å². The Hall–Kier alpha value is -1.38. The number of rotatable bonds is 8. The largest absolute Gasteiger partial charge is 0.377 e. The molecule has 0 radical (unpaired) electrons. The molecule has 5 nitrogen and oxygen atoms in total. The van der Waals surface area contributed by atoms with Crippen molar-refractivity contribution in [3.63, 3.8) is 0 Å². The Labute approximate surface area is 177 Å². The first kappa shape index (κ1) is 22.7. The maximum absolute atomic E-state index is 5.80. The third-order valence-electron chi connectivity index (χ3n) is 3.74. The first-order chi connectivity index (χ1) is 12.2. The van der Waals surface area contributed by atoms with Gasteiger partial charge < -0.3 is 15.4 Å². The molecule has 1 heterocycles. The molecule has 1 aromatic carbocycles. The Balaban J connectivity index is 0.00000338. The average Bonchev–Trinajstić information content (AvgIpc) is 2.65. The summed E-state index contributed by atoms with van der Waals surface area (Å²) in [6, 6.07) is 12.1. The van der Waals surface area contributed by atoms with Crippen LogP contribution in [0.2, 0.25) is 5.15 Å². The summed E-state index contributed by atoms with van der Waals surface area (Å²) < 4.78 is 5.53. The Bertz CT molecular complexity index is 679. The Morgan fingerprint density at radius 3 is 2.58 bits per heavy atom. The third kappa shape index (κ3) is 7.88. The van der Waals surface area contributed by atoms with E-state index in [1.165, 1.54) is 11.1 Å². The maximum Gasteiger partial charge on any atom is 0.191 e. The molecule has 0 aliphatic rings. The predicted octanol–water partition coefficient (Wildman–Crippen LogP) is 3.80. The molecule has 0 spiro atoms. The highest BCUT2D eigenvalue weighted by molar-refractivity contribution is 14.0. The van der Waals surface area contributed by atoms with Crippen molar-refractivity contribution in [2.45, 2.75) is 26.5 Å². The van der Waals surface area contributed by atoms with Crippen molar-refractivity contribution in [3.05, 3.63) is 64.4 Å². The van der Waals surface area contributed by atoms with Gasteiger partial charge in [-0.05, 0) is 36.1 Å². The van der Waals surface area contributed by atoms with Crippen LogP contribution in [0.25, 0.3) is 0 Å². The molecule has 26 heavy (non-hydrogen) atoms. The van der Waals surface area contributed by atoms with Crippen LogP contribution in [-0.2, 0) is 24.3 Å². The van der Waals surface area contributed by atoms with Gasteiger partial charge in [0, 0.05) is 32.9 Å². The number of hydrogen-bond donors (Lipinski definition) is 2. The molecule has 2 aromatic rings. The van der Waals surface area contributed by atoms with Gasteiger partial charge in [0.05, 0.1) is 6.61 Å². The second-order valence-corrected chi connectivity index (χ2v) is 5.88. The van der Waals surface area contributed by atoms with E-state index in [9.17, 15) is 0 Å². The Morgan fingerprint density at radius 1 is 1.15 bits per heavy atom. The lowest BCUT2D eigenvalue weighted by Crippen LogP contribution is -2.38. The summed E-state index contributed by atoms with van der Waals surface area (Å²) in [5.41, 5.74) is 3.54. The zero-order chi connectivity index (χ0) is 17.9. The number of ether oxygens (including phenoxy) is 1. The fraction of sp³-hybridized carbons (Fsp3) is 0.368. The molecule has 0 aliphatic carbocycles. The number of aromatic nitrogens is 1. The van der Waals surface area contributed by atoms with Gasteiger partial charge in [-0.1, -0.05) is 41.9 Å². The highest BCUT2D eigenvalue weighted by atomic mass is 127. The zero-order valence-electron chi connectivity index (χ0n) is 15.2. The molecule has 1 aromatic heterocycles. The predicted molar refractivity (Wildman–Crippen MR) is 118 cm³/mol. The number of guanidine groups is 1. The summed E-state index contributed by atoms with van der Waals surface area (Å²) >= 11 is 5.80. The number of benzene rings is 1. The molecule has 0 fully saturated rings. The van der Waals surface area contributed by atoms with Crippen LogP contribution in [0.1, 0.15) is 23.6 Å². The van der Waals surface area contributed by atoms with Gasteiger partial charge >= 0.3 is 0 Å². The van der Waals surface area contributed by atoms with Gasteiger partial charge in [-0.3, -0.25) is 4.99 Å². The molecule has 0 unspecified atom stereocenters. The quantitative estimate of drug-likeness (QED) is 0.257. The zero-order valence-corrected chi connectivity index (χ0v) is 18.3. The van der Waals surface area contributed by atoms with Gasteiger partial charge in [-0.25, -0.2) is 4.98 Å². The van der Waals surface area contributed by atoms with Crippen LogP contribution >= 0.6 is 35.6 Å². The van der Waals surface area contributed by atoms with E-state index < -0.39 is 0 Å². The minimum atomic E-state index is 0.